The number of nitrogens with zero attached hydrogens (tertiary/aromatic N) is 4. The quantitative estimate of drug-likeness (QED) is 0.690. The van der Waals surface area contributed by atoms with Gasteiger partial charge in [-0.25, -0.2) is 15.0 Å². The number of fused-ring (bicyclic) bond motifs is 2. The molecule has 1 aromatic carbocycles. The van der Waals surface area contributed by atoms with Gasteiger partial charge in [-0.05, 0) is 11.6 Å². The maximum Gasteiger partial charge on any atom is 0.178 e. The molecule has 0 spiro atoms. The summed E-state index contributed by atoms with van der Waals surface area (Å²) >= 11 is 0. The fourth-order valence-electron chi connectivity index (χ4n) is 3.63. The van der Waals surface area contributed by atoms with Crippen LogP contribution in [0.5, 0.6) is 0 Å². The molecule has 3 aromatic rings. The summed E-state index contributed by atoms with van der Waals surface area (Å²) in [6.45, 7) is -0.181. The van der Waals surface area contributed by atoms with Crippen LogP contribution in [0.1, 0.15) is 11.8 Å². The maximum absolute atomic E-state index is 9.73. The molecule has 28 heavy (non-hydrogen) atoms. The summed E-state index contributed by atoms with van der Waals surface area (Å²) in [6.07, 6.45) is 4.34. The molecule has 0 aliphatic carbocycles. The number of benzene rings is 1. The third-order valence-corrected chi connectivity index (χ3v) is 4.95. The summed E-state index contributed by atoms with van der Waals surface area (Å²) in [5.41, 5.74) is 7.96. The predicted octanol–water partition coefficient (Wildman–Crippen LogP) is 1.12. The van der Waals surface area contributed by atoms with E-state index in [-0.39, 0.29) is 6.61 Å². The van der Waals surface area contributed by atoms with Crippen molar-refractivity contribution >= 4 is 23.1 Å². The SMILES string of the molecule is Nc1ncnc2c1ncn2C1OC(CO)C2OC(C=Cc3ccccc3)OC21. The molecule has 0 bridgehead atoms. The van der Waals surface area contributed by atoms with Crippen molar-refractivity contribution in [3.63, 3.8) is 0 Å². The van der Waals surface area contributed by atoms with Crippen molar-refractivity contribution in [1.29, 1.82) is 0 Å². The zero-order valence-electron chi connectivity index (χ0n) is 14.8. The number of aliphatic hydroxyl groups is 1. The topological polar surface area (TPSA) is 118 Å². The highest BCUT2D eigenvalue weighted by Gasteiger charge is 2.53. The lowest BCUT2D eigenvalue weighted by Crippen LogP contribution is -2.30. The number of imidazole rings is 1. The Hall–Kier alpha value is -2.85. The molecule has 0 saturated carbocycles. The van der Waals surface area contributed by atoms with Gasteiger partial charge in [0.15, 0.2) is 24.0 Å². The van der Waals surface area contributed by atoms with Crippen LogP contribution in [0, 0.1) is 0 Å². The van der Waals surface area contributed by atoms with Crippen molar-refractivity contribution in [3.05, 3.63) is 54.6 Å². The molecule has 0 amide bonds. The van der Waals surface area contributed by atoms with Crippen molar-refractivity contribution in [2.75, 3.05) is 12.3 Å². The van der Waals surface area contributed by atoms with Gasteiger partial charge in [0.2, 0.25) is 0 Å². The highest BCUT2D eigenvalue weighted by Crippen LogP contribution is 2.40. The van der Waals surface area contributed by atoms with Crippen LogP contribution in [0.15, 0.2) is 49.1 Å². The van der Waals surface area contributed by atoms with Crippen molar-refractivity contribution < 1.29 is 19.3 Å². The molecule has 2 fully saturated rings. The lowest BCUT2D eigenvalue weighted by atomic mass is 10.1. The van der Waals surface area contributed by atoms with Crippen LogP contribution >= 0.6 is 0 Å². The fraction of sp³-hybridized carbons (Fsp3) is 0.316. The van der Waals surface area contributed by atoms with Gasteiger partial charge in [-0.2, -0.15) is 0 Å². The monoisotopic (exact) mass is 381 g/mol. The second kappa shape index (κ2) is 6.95. The van der Waals surface area contributed by atoms with Crippen LogP contribution in [0.2, 0.25) is 0 Å². The molecule has 0 radical (unpaired) electrons. The van der Waals surface area contributed by atoms with Gasteiger partial charge in [0.05, 0.1) is 12.9 Å². The van der Waals surface area contributed by atoms with E-state index in [1.165, 1.54) is 6.33 Å². The highest BCUT2D eigenvalue weighted by atomic mass is 16.8. The Morgan fingerprint density at radius 2 is 1.89 bits per heavy atom. The van der Waals surface area contributed by atoms with Crippen LogP contribution in [0.4, 0.5) is 5.82 Å². The smallest absolute Gasteiger partial charge is 0.178 e. The Morgan fingerprint density at radius 1 is 1.07 bits per heavy atom. The van der Waals surface area contributed by atoms with Crippen LogP contribution < -0.4 is 5.73 Å². The number of aliphatic hydroxyl groups excluding tert-OH is 1. The van der Waals surface area contributed by atoms with E-state index in [9.17, 15) is 5.11 Å². The van der Waals surface area contributed by atoms with Gasteiger partial charge < -0.3 is 25.1 Å². The summed E-state index contributed by atoms with van der Waals surface area (Å²) < 4.78 is 19.8. The molecule has 2 aliphatic heterocycles. The maximum atomic E-state index is 9.73. The molecule has 2 aliphatic rings. The largest absolute Gasteiger partial charge is 0.394 e. The van der Waals surface area contributed by atoms with E-state index in [2.05, 4.69) is 15.0 Å². The first kappa shape index (κ1) is 17.3. The van der Waals surface area contributed by atoms with Crippen LogP contribution in [-0.2, 0) is 14.2 Å². The molecule has 5 rings (SSSR count). The third-order valence-electron chi connectivity index (χ3n) is 4.95. The van der Waals surface area contributed by atoms with E-state index >= 15 is 0 Å². The van der Waals surface area contributed by atoms with Gasteiger partial charge in [0.1, 0.15) is 30.2 Å². The highest BCUT2D eigenvalue weighted by molar-refractivity contribution is 5.81. The number of nitrogens with two attached hydrogens (primary N) is 1. The van der Waals surface area contributed by atoms with Crippen molar-refractivity contribution in [2.24, 2.45) is 0 Å². The van der Waals surface area contributed by atoms with Gasteiger partial charge in [-0.15, -0.1) is 0 Å². The minimum absolute atomic E-state index is 0.181. The number of anilines is 1. The third kappa shape index (κ3) is 2.85. The van der Waals surface area contributed by atoms with Crippen LogP contribution in [0.25, 0.3) is 17.2 Å². The second-order valence-corrected chi connectivity index (χ2v) is 6.67. The number of hydrogen-bond acceptors (Lipinski definition) is 8. The van der Waals surface area contributed by atoms with Gasteiger partial charge in [0, 0.05) is 0 Å². The zero-order valence-corrected chi connectivity index (χ0v) is 14.8. The Kier molecular flexibility index (Phi) is 4.29. The number of ether oxygens (including phenoxy) is 3. The number of aromatic nitrogens is 4. The zero-order chi connectivity index (χ0) is 19.1. The summed E-state index contributed by atoms with van der Waals surface area (Å²) in [6, 6.07) is 9.89. The predicted molar refractivity (Wildman–Crippen MR) is 99.7 cm³/mol. The molecule has 2 saturated heterocycles. The summed E-state index contributed by atoms with van der Waals surface area (Å²) in [5, 5.41) is 9.73. The number of nitrogen functional groups attached to an aromatic ring is 1. The van der Waals surface area contributed by atoms with E-state index in [0.29, 0.717) is 17.0 Å². The average molecular weight is 381 g/mol. The lowest BCUT2D eigenvalue weighted by molar-refractivity contribution is -0.133. The van der Waals surface area contributed by atoms with E-state index in [4.69, 9.17) is 19.9 Å². The number of rotatable bonds is 4. The molecule has 3 N–H and O–H groups in total. The lowest BCUT2D eigenvalue weighted by Gasteiger charge is -2.19. The molecule has 4 heterocycles. The van der Waals surface area contributed by atoms with Gasteiger partial charge in [0.25, 0.3) is 0 Å². The minimum Gasteiger partial charge on any atom is -0.394 e. The Bertz CT molecular complexity index is 1010. The van der Waals surface area contributed by atoms with E-state index in [1.807, 2.05) is 42.5 Å². The first-order valence-corrected chi connectivity index (χ1v) is 8.98. The van der Waals surface area contributed by atoms with Crippen molar-refractivity contribution in [2.45, 2.75) is 30.8 Å². The normalized spacial score (nSPS) is 29.7. The molecule has 9 heteroatoms. The molecular formula is C19H19N5O4. The summed E-state index contributed by atoms with van der Waals surface area (Å²) in [7, 11) is 0. The average Bonchev–Trinajstić information content (AvgIpc) is 3.41. The summed E-state index contributed by atoms with van der Waals surface area (Å²) in [5.74, 6) is 0.296. The Balaban J connectivity index is 1.42. The minimum atomic E-state index is -0.545. The fourth-order valence-corrected chi connectivity index (χ4v) is 3.63. The van der Waals surface area contributed by atoms with Crippen LogP contribution in [0.3, 0.4) is 0 Å². The second-order valence-electron chi connectivity index (χ2n) is 6.67. The van der Waals surface area contributed by atoms with Gasteiger partial charge in [-0.3, -0.25) is 4.57 Å². The molecular weight excluding hydrogens is 362 g/mol. The summed E-state index contributed by atoms with van der Waals surface area (Å²) in [4.78, 5) is 12.5. The van der Waals surface area contributed by atoms with Gasteiger partial charge in [-0.1, -0.05) is 36.4 Å². The molecule has 144 valence electrons. The van der Waals surface area contributed by atoms with E-state index in [0.717, 1.165) is 5.56 Å². The Morgan fingerprint density at radius 3 is 2.71 bits per heavy atom. The molecule has 5 atom stereocenters. The van der Waals surface area contributed by atoms with Crippen molar-refractivity contribution in [3.8, 4) is 0 Å². The molecule has 2 aromatic heterocycles. The first-order chi connectivity index (χ1) is 13.7. The Labute approximate surface area is 160 Å². The van der Waals surface area contributed by atoms with E-state index < -0.39 is 30.8 Å². The van der Waals surface area contributed by atoms with Crippen LogP contribution in [-0.4, -0.2) is 55.8 Å². The van der Waals surface area contributed by atoms with E-state index in [1.54, 1.807) is 10.9 Å². The molecule has 9 nitrogen and oxygen atoms in total. The van der Waals surface area contributed by atoms with Crippen molar-refractivity contribution in [1.82, 2.24) is 19.5 Å². The standard InChI is InChI=1S/C19H19N5O4/c20-17-14-18(22-9-21-17)24(10-23-14)19-16-15(12(8-25)26-19)27-13(28-16)7-6-11-4-2-1-3-5-11/h1-7,9-10,12-13,15-16,19,25H,8H2,(H2,20,21,22). The number of hydrogen-bond donors (Lipinski definition) is 2. The van der Waals surface area contributed by atoms with Gasteiger partial charge >= 0.3 is 0 Å². The molecule has 5 unspecified atom stereocenters. The first-order valence-electron chi connectivity index (χ1n) is 8.98.